The third-order valence-corrected chi connectivity index (χ3v) is 3.01. The highest BCUT2D eigenvalue weighted by Gasteiger charge is 2.15. The van der Waals surface area contributed by atoms with Crippen molar-refractivity contribution in [3.8, 4) is 0 Å². The molecular weight excluding hydrogens is 252 g/mol. The van der Waals surface area contributed by atoms with Gasteiger partial charge in [0.15, 0.2) is 0 Å². The van der Waals surface area contributed by atoms with Crippen LogP contribution < -0.4 is 5.73 Å². The second-order valence-corrected chi connectivity index (χ2v) is 4.91. The third-order valence-electron chi connectivity index (χ3n) is 3.01. The second kappa shape index (κ2) is 8.48. The van der Waals surface area contributed by atoms with Gasteiger partial charge in [-0.05, 0) is 30.9 Å². The van der Waals surface area contributed by atoms with Gasteiger partial charge in [0.2, 0.25) is 0 Å². The predicted octanol–water partition coefficient (Wildman–Crippen LogP) is 2.48. The summed E-state index contributed by atoms with van der Waals surface area (Å²) in [5, 5.41) is 7.86. The van der Waals surface area contributed by atoms with Crippen LogP contribution in [0, 0.1) is 5.41 Å². The maximum Gasteiger partial charge on any atom is 0.323 e. The summed E-state index contributed by atoms with van der Waals surface area (Å²) in [6.07, 6.45) is 2.95. The Morgan fingerprint density at radius 1 is 1.35 bits per heavy atom. The molecule has 0 radical (unpaired) electrons. The summed E-state index contributed by atoms with van der Waals surface area (Å²) in [5.41, 5.74) is 8.65. The zero-order valence-corrected chi connectivity index (χ0v) is 12.3. The van der Waals surface area contributed by atoms with Crippen molar-refractivity contribution in [2.75, 3.05) is 6.61 Å². The quantitative estimate of drug-likeness (QED) is 0.565. The number of esters is 1. The van der Waals surface area contributed by atoms with Crippen LogP contribution in [0.1, 0.15) is 37.8 Å². The molecule has 0 bridgehead atoms. The van der Waals surface area contributed by atoms with Gasteiger partial charge in [-0.3, -0.25) is 4.79 Å². The summed E-state index contributed by atoms with van der Waals surface area (Å²) in [6, 6.07) is 7.29. The lowest BCUT2D eigenvalue weighted by atomic mass is 10.00. The van der Waals surface area contributed by atoms with E-state index in [9.17, 15) is 4.79 Å². The van der Waals surface area contributed by atoms with Crippen LogP contribution in [-0.2, 0) is 22.4 Å². The van der Waals surface area contributed by atoms with E-state index in [1.807, 2.05) is 24.3 Å². The first-order valence-electron chi connectivity index (χ1n) is 7.13. The van der Waals surface area contributed by atoms with E-state index in [1.165, 1.54) is 0 Å². The Kier molecular flexibility index (Phi) is 6.94. The van der Waals surface area contributed by atoms with Crippen molar-refractivity contribution in [3.63, 3.8) is 0 Å². The van der Waals surface area contributed by atoms with E-state index in [-0.39, 0.29) is 5.97 Å². The zero-order chi connectivity index (χ0) is 15.0. The fourth-order valence-corrected chi connectivity index (χ4v) is 2.09. The topological polar surface area (TPSA) is 76.2 Å². The van der Waals surface area contributed by atoms with E-state index in [2.05, 4.69) is 6.92 Å². The van der Waals surface area contributed by atoms with Crippen molar-refractivity contribution in [3.05, 3.63) is 35.4 Å². The van der Waals surface area contributed by atoms with Gasteiger partial charge in [-0.25, -0.2) is 0 Å². The van der Waals surface area contributed by atoms with Gasteiger partial charge in [0.1, 0.15) is 6.04 Å². The van der Waals surface area contributed by atoms with E-state index in [4.69, 9.17) is 15.9 Å². The fourth-order valence-electron chi connectivity index (χ4n) is 2.09. The lowest BCUT2D eigenvalue weighted by molar-refractivity contribution is -0.144. The molecule has 0 aliphatic heterocycles. The molecule has 1 rings (SSSR count). The SMILES string of the molecule is CCCC(=N)Cc1cccc(CC(N)C(=O)OCC)c1. The first kappa shape index (κ1) is 16.4. The Hall–Kier alpha value is -1.68. The van der Waals surface area contributed by atoms with Crippen LogP contribution in [0.15, 0.2) is 24.3 Å². The minimum Gasteiger partial charge on any atom is -0.465 e. The number of carbonyl (C=O) groups is 1. The molecule has 0 aliphatic carbocycles. The van der Waals surface area contributed by atoms with Crippen molar-refractivity contribution >= 4 is 11.7 Å². The molecule has 0 fully saturated rings. The molecule has 1 aromatic rings. The average molecular weight is 276 g/mol. The highest BCUT2D eigenvalue weighted by atomic mass is 16.5. The second-order valence-electron chi connectivity index (χ2n) is 4.91. The smallest absolute Gasteiger partial charge is 0.323 e. The highest BCUT2D eigenvalue weighted by molar-refractivity contribution is 5.83. The molecule has 20 heavy (non-hydrogen) atoms. The molecular formula is C16H24N2O2. The molecule has 0 aromatic heterocycles. The summed E-state index contributed by atoms with van der Waals surface area (Å²) >= 11 is 0. The van der Waals surface area contributed by atoms with Crippen LogP contribution in [0.2, 0.25) is 0 Å². The third kappa shape index (κ3) is 5.53. The fraction of sp³-hybridized carbons (Fsp3) is 0.500. The predicted molar refractivity (Wildman–Crippen MR) is 81.1 cm³/mol. The summed E-state index contributed by atoms with van der Waals surface area (Å²) in [6.45, 7) is 4.19. The monoisotopic (exact) mass is 276 g/mol. The van der Waals surface area contributed by atoms with Crippen molar-refractivity contribution in [2.45, 2.75) is 45.6 Å². The van der Waals surface area contributed by atoms with Crippen LogP contribution in [0.25, 0.3) is 0 Å². The average Bonchev–Trinajstić information content (AvgIpc) is 2.39. The van der Waals surface area contributed by atoms with Crippen LogP contribution in [-0.4, -0.2) is 24.3 Å². The van der Waals surface area contributed by atoms with Crippen LogP contribution in [0.3, 0.4) is 0 Å². The molecule has 4 nitrogen and oxygen atoms in total. The number of nitrogens with one attached hydrogen (secondary N) is 1. The Morgan fingerprint density at radius 2 is 2.05 bits per heavy atom. The van der Waals surface area contributed by atoms with Gasteiger partial charge in [0.25, 0.3) is 0 Å². The molecule has 0 amide bonds. The Balaban J connectivity index is 2.63. The Bertz CT molecular complexity index is 458. The molecule has 0 saturated carbocycles. The van der Waals surface area contributed by atoms with Crippen molar-refractivity contribution < 1.29 is 9.53 Å². The van der Waals surface area contributed by atoms with E-state index in [0.29, 0.717) is 19.4 Å². The summed E-state index contributed by atoms with van der Waals surface area (Å²) < 4.78 is 4.90. The molecule has 4 heteroatoms. The number of benzene rings is 1. The first-order valence-corrected chi connectivity index (χ1v) is 7.13. The van der Waals surface area contributed by atoms with Gasteiger partial charge in [0, 0.05) is 12.1 Å². The largest absolute Gasteiger partial charge is 0.465 e. The molecule has 0 spiro atoms. The number of rotatable bonds is 8. The molecule has 1 atom stereocenters. The van der Waals surface area contributed by atoms with Crippen molar-refractivity contribution in [1.82, 2.24) is 0 Å². The summed E-state index contributed by atoms with van der Waals surface area (Å²) in [4.78, 5) is 11.5. The lowest BCUT2D eigenvalue weighted by Crippen LogP contribution is -2.34. The molecule has 1 unspecified atom stereocenters. The maximum atomic E-state index is 11.5. The lowest BCUT2D eigenvalue weighted by Gasteiger charge is -2.11. The van der Waals surface area contributed by atoms with Gasteiger partial charge >= 0.3 is 5.97 Å². The van der Waals surface area contributed by atoms with Crippen molar-refractivity contribution in [1.29, 1.82) is 5.41 Å². The van der Waals surface area contributed by atoms with Gasteiger partial charge < -0.3 is 15.9 Å². The zero-order valence-electron chi connectivity index (χ0n) is 12.3. The van der Waals surface area contributed by atoms with Gasteiger partial charge in [-0.2, -0.15) is 0 Å². The highest BCUT2D eigenvalue weighted by Crippen LogP contribution is 2.10. The summed E-state index contributed by atoms with van der Waals surface area (Å²) in [5.74, 6) is -0.364. The Morgan fingerprint density at radius 3 is 2.70 bits per heavy atom. The van der Waals surface area contributed by atoms with Crippen molar-refractivity contribution in [2.24, 2.45) is 5.73 Å². The number of hydrogen-bond donors (Lipinski definition) is 2. The molecule has 0 aliphatic rings. The molecule has 3 N–H and O–H groups in total. The van der Waals surface area contributed by atoms with E-state index in [0.717, 1.165) is 29.7 Å². The molecule has 0 heterocycles. The van der Waals surface area contributed by atoms with Crippen LogP contribution >= 0.6 is 0 Å². The number of ether oxygens (including phenoxy) is 1. The number of hydrogen-bond acceptors (Lipinski definition) is 4. The summed E-state index contributed by atoms with van der Waals surface area (Å²) in [7, 11) is 0. The standard InChI is InChI=1S/C16H24N2O2/c1-3-6-14(17)10-12-7-5-8-13(9-12)11-15(18)16(19)20-4-2/h5,7-9,15,17H,3-4,6,10-11,18H2,1-2H3. The number of carbonyl (C=O) groups excluding carboxylic acids is 1. The maximum absolute atomic E-state index is 11.5. The van der Waals surface area contributed by atoms with Gasteiger partial charge in [0.05, 0.1) is 6.61 Å². The minimum absolute atomic E-state index is 0.348. The number of nitrogens with two attached hydrogens (primary N) is 1. The minimum atomic E-state index is -0.625. The molecule has 110 valence electrons. The molecule has 0 saturated heterocycles. The van der Waals surface area contributed by atoms with Gasteiger partial charge in [-0.15, -0.1) is 0 Å². The van der Waals surface area contributed by atoms with Crippen LogP contribution in [0.4, 0.5) is 0 Å². The van der Waals surface area contributed by atoms with Crippen LogP contribution in [0.5, 0.6) is 0 Å². The van der Waals surface area contributed by atoms with E-state index in [1.54, 1.807) is 6.92 Å². The first-order chi connectivity index (χ1) is 9.56. The normalized spacial score (nSPS) is 11.9. The van der Waals surface area contributed by atoms with Gasteiger partial charge in [-0.1, -0.05) is 37.6 Å². The molecule has 1 aromatic carbocycles. The Labute approximate surface area is 120 Å². The van der Waals surface area contributed by atoms with E-state index < -0.39 is 6.04 Å². The van der Waals surface area contributed by atoms with E-state index >= 15 is 0 Å².